The Hall–Kier alpha value is -3.96. The molecule has 12 nitrogen and oxygen atoms in total. The standard InChI is InChI=1S/C17H18N8O4/c1-7(2)13-21-15(23-17(29)22-13)25-24-12(8(3)26)14(27)18-9-4-5-10-11(6-9)20-16(28)19-10/h4-7,12H,1-3H3,(H,18,27)(H2,19,20,28)(H,21,22,23,29)/b25-24+. The molecule has 0 aliphatic rings. The van der Waals surface area contributed by atoms with Crippen LogP contribution < -0.4 is 11.0 Å². The molecule has 0 aliphatic carbocycles. The number of rotatable bonds is 6. The fourth-order valence-corrected chi connectivity index (χ4v) is 2.42. The number of azo groups is 1. The van der Waals surface area contributed by atoms with E-state index in [0.717, 1.165) is 0 Å². The number of nitrogens with zero attached hydrogens (tertiary/aromatic N) is 5. The molecule has 1 atom stereocenters. The molecule has 1 aromatic carbocycles. The average Bonchev–Trinajstić information content (AvgIpc) is 3.00. The quantitative estimate of drug-likeness (QED) is 0.359. The largest absolute Gasteiger partial charge is 0.479 e. The van der Waals surface area contributed by atoms with E-state index < -0.39 is 23.7 Å². The van der Waals surface area contributed by atoms with Gasteiger partial charge in [-0.1, -0.05) is 13.8 Å². The highest BCUT2D eigenvalue weighted by atomic mass is 16.3. The molecule has 0 saturated carbocycles. The van der Waals surface area contributed by atoms with Crippen molar-refractivity contribution in [3.8, 4) is 6.01 Å². The van der Waals surface area contributed by atoms with Gasteiger partial charge in [0.25, 0.3) is 11.9 Å². The first-order chi connectivity index (χ1) is 13.7. The van der Waals surface area contributed by atoms with Crippen molar-refractivity contribution in [1.82, 2.24) is 24.9 Å². The van der Waals surface area contributed by atoms with Gasteiger partial charge in [0.1, 0.15) is 5.82 Å². The number of nitrogens with one attached hydrogen (secondary N) is 3. The molecule has 29 heavy (non-hydrogen) atoms. The minimum Gasteiger partial charge on any atom is -0.479 e. The number of hydrogen-bond donors (Lipinski definition) is 4. The second-order valence-electron chi connectivity index (χ2n) is 6.51. The van der Waals surface area contributed by atoms with Gasteiger partial charge in [-0.3, -0.25) is 9.59 Å². The lowest BCUT2D eigenvalue weighted by atomic mass is 10.2. The maximum Gasteiger partial charge on any atom is 0.323 e. The third-order valence-corrected chi connectivity index (χ3v) is 3.83. The molecule has 12 heteroatoms. The van der Waals surface area contributed by atoms with Gasteiger partial charge in [0.15, 0.2) is 5.78 Å². The van der Waals surface area contributed by atoms with E-state index in [1.54, 1.807) is 18.2 Å². The zero-order chi connectivity index (χ0) is 21.1. The van der Waals surface area contributed by atoms with Crippen LogP contribution in [0.1, 0.15) is 32.5 Å². The highest BCUT2D eigenvalue weighted by Gasteiger charge is 2.23. The van der Waals surface area contributed by atoms with Crippen molar-refractivity contribution in [1.29, 1.82) is 0 Å². The summed E-state index contributed by atoms with van der Waals surface area (Å²) in [5.41, 5.74) is 1.06. The number of ketones is 1. The SMILES string of the molecule is CC(=O)C(/N=N/c1nc(O)nc(C(C)C)n1)C(=O)Nc1ccc2[nH]c(=O)[nH]c2c1. The smallest absolute Gasteiger partial charge is 0.323 e. The van der Waals surface area contributed by atoms with Crippen molar-refractivity contribution in [2.45, 2.75) is 32.7 Å². The Kier molecular flexibility index (Phi) is 5.43. The number of benzene rings is 1. The second-order valence-corrected chi connectivity index (χ2v) is 6.51. The molecule has 2 heterocycles. The van der Waals surface area contributed by atoms with Crippen LogP contribution in [0.15, 0.2) is 33.2 Å². The first kappa shape index (κ1) is 19.8. The van der Waals surface area contributed by atoms with Crippen molar-refractivity contribution in [2.24, 2.45) is 10.2 Å². The zero-order valence-corrected chi connectivity index (χ0v) is 15.8. The van der Waals surface area contributed by atoms with Crippen molar-refractivity contribution in [2.75, 3.05) is 5.32 Å². The summed E-state index contributed by atoms with van der Waals surface area (Å²) in [5, 5.41) is 19.6. The average molecular weight is 398 g/mol. The van der Waals surface area contributed by atoms with Gasteiger partial charge in [-0.2, -0.15) is 20.1 Å². The van der Waals surface area contributed by atoms with E-state index in [9.17, 15) is 19.5 Å². The number of H-pyrrole nitrogens is 2. The molecule has 0 saturated heterocycles. The molecule has 0 aliphatic heterocycles. The van der Waals surface area contributed by atoms with E-state index in [-0.39, 0.29) is 17.6 Å². The van der Waals surface area contributed by atoms with E-state index in [1.165, 1.54) is 6.92 Å². The van der Waals surface area contributed by atoms with Crippen LogP contribution in [0.4, 0.5) is 11.6 Å². The number of aromatic amines is 2. The number of anilines is 1. The Morgan fingerprint density at radius 3 is 2.55 bits per heavy atom. The molecule has 2 aromatic heterocycles. The Morgan fingerprint density at radius 2 is 1.86 bits per heavy atom. The van der Waals surface area contributed by atoms with E-state index in [4.69, 9.17) is 0 Å². The lowest BCUT2D eigenvalue weighted by Gasteiger charge is -2.09. The first-order valence-electron chi connectivity index (χ1n) is 8.62. The van der Waals surface area contributed by atoms with Gasteiger partial charge in [0, 0.05) is 11.6 Å². The topological polar surface area (TPSA) is 178 Å². The monoisotopic (exact) mass is 398 g/mol. The van der Waals surface area contributed by atoms with Crippen LogP contribution >= 0.6 is 0 Å². The third kappa shape index (κ3) is 4.66. The van der Waals surface area contributed by atoms with Gasteiger partial charge in [-0.05, 0) is 25.1 Å². The maximum absolute atomic E-state index is 12.5. The van der Waals surface area contributed by atoms with Gasteiger partial charge in [-0.25, -0.2) is 4.79 Å². The number of imidazole rings is 1. The van der Waals surface area contributed by atoms with Gasteiger partial charge in [0.2, 0.25) is 6.04 Å². The Labute approximate surface area is 163 Å². The van der Waals surface area contributed by atoms with Crippen LogP contribution in [-0.4, -0.2) is 47.8 Å². The Morgan fingerprint density at radius 1 is 1.14 bits per heavy atom. The highest BCUT2D eigenvalue weighted by molar-refractivity contribution is 6.10. The molecular formula is C17H18N8O4. The summed E-state index contributed by atoms with van der Waals surface area (Å²) in [6.45, 7) is 4.83. The third-order valence-electron chi connectivity index (χ3n) is 3.83. The van der Waals surface area contributed by atoms with Gasteiger partial charge in [0.05, 0.1) is 11.0 Å². The molecule has 4 N–H and O–H groups in total. The molecule has 150 valence electrons. The normalized spacial score (nSPS) is 12.6. The van der Waals surface area contributed by atoms with E-state index >= 15 is 0 Å². The molecule has 0 fully saturated rings. The van der Waals surface area contributed by atoms with Crippen LogP contribution in [0.5, 0.6) is 6.01 Å². The number of amides is 1. The number of aromatic nitrogens is 5. The lowest BCUT2D eigenvalue weighted by Crippen LogP contribution is -2.31. The van der Waals surface area contributed by atoms with E-state index in [1.807, 2.05) is 13.8 Å². The fraction of sp³-hybridized carbons (Fsp3) is 0.294. The Bertz CT molecular complexity index is 1160. The summed E-state index contributed by atoms with van der Waals surface area (Å²) in [6.07, 6.45) is 0. The number of aromatic hydroxyl groups is 1. The number of fused-ring (bicyclic) bond motifs is 1. The molecule has 1 unspecified atom stereocenters. The molecular weight excluding hydrogens is 380 g/mol. The van der Waals surface area contributed by atoms with Crippen LogP contribution in [-0.2, 0) is 9.59 Å². The van der Waals surface area contributed by atoms with Gasteiger partial charge < -0.3 is 20.4 Å². The van der Waals surface area contributed by atoms with E-state index in [2.05, 4.69) is 40.5 Å². The summed E-state index contributed by atoms with van der Waals surface area (Å²) >= 11 is 0. The van der Waals surface area contributed by atoms with Crippen molar-refractivity contribution in [3.63, 3.8) is 0 Å². The molecule has 0 bridgehead atoms. The van der Waals surface area contributed by atoms with Crippen LogP contribution in [0.25, 0.3) is 11.0 Å². The first-order valence-corrected chi connectivity index (χ1v) is 8.62. The van der Waals surface area contributed by atoms with Crippen molar-refractivity contribution >= 4 is 34.4 Å². The zero-order valence-electron chi connectivity index (χ0n) is 15.8. The maximum atomic E-state index is 12.5. The summed E-state index contributed by atoms with van der Waals surface area (Å²) < 4.78 is 0. The second kappa shape index (κ2) is 7.96. The van der Waals surface area contributed by atoms with Crippen molar-refractivity contribution in [3.05, 3.63) is 34.5 Å². The van der Waals surface area contributed by atoms with Crippen molar-refractivity contribution < 1.29 is 14.7 Å². The Balaban J connectivity index is 1.81. The number of carbonyl (C=O) groups is 2. The molecule has 3 aromatic rings. The minimum atomic E-state index is -1.45. The minimum absolute atomic E-state index is 0.0976. The fourth-order valence-electron chi connectivity index (χ4n) is 2.42. The number of carbonyl (C=O) groups excluding carboxylic acids is 2. The van der Waals surface area contributed by atoms with Crippen LogP contribution in [0.2, 0.25) is 0 Å². The summed E-state index contributed by atoms with van der Waals surface area (Å²) in [6, 6.07) is 2.73. The summed E-state index contributed by atoms with van der Waals surface area (Å²) in [5.74, 6) is -1.29. The predicted octanol–water partition coefficient (Wildman–Crippen LogP) is 1.55. The molecule has 0 spiro atoms. The van der Waals surface area contributed by atoms with Gasteiger partial charge >= 0.3 is 11.7 Å². The van der Waals surface area contributed by atoms with Crippen LogP contribution in [0, 0.1) is 0 Å². The highest BCUT2D eigenvalue weighted by Crippen LogP contribution is 2.18. The van der Waals surface area contributed by atoms with Gasteiger partial charge in [-0.15, -0.1) is 5.11 Å². The summed E-state index contributed by atoms with van der Waals surface area (Å²) in [7, 11) is 0. The lowest BCUT2D eigenvalue weighted by molar-refractivity contribution is -0.126. The number of Topliss-reactive ketones (excluding diaryl/α,β-unsaturated/α-hetero) is 1. The van der Waals surface area contributed by atoms with Crippen LogP contribution in [0.3, 0.4) is 0 Å². The predicted molar refractivity (Wildman–Crippen MR) is 102 cm³/mol. The molecule has 3 rings (SSSR count). The number of hydrogen-bond acceptors (Lipinski definition) is 9. The summed E-state index contributed by atoms with van der Waals surface area (Å²) in [4.78, 5) is 52.3. The van der Waals surface area contributed by atoms with E-state index in [0.29, 0.717) is 22.5 Å². The molecule has 0 radical (unpaired) electrons. The molecule has 1 amide bonds.